The third-order valence-corrected chi connectivity index (χ3v) is 4.48. The van der Waals surface area contributed by atoms with Gasteiger partial charge >= 0.3 is 0 Å². The normalized spacial score (nSPS) is 11.3. The lowest BCUT2D eigenvalue weighted by Gasteiger charge is -2.07. The molecule has 2 rings (SSSR count). The van der Waals surface area contributed by atoms with Gasteiger partial charge in [-0.15, -0.1) is 0 Å². The van der Waals surface area contributed by atoms with E-state index in [1.165, 1.54) is 36.4 Å². The Bertz CT molecular complexity index is 791. The summed E-state index contributed by atoms with van der Waals surface area (Å²) in [6.07, 6.45) is 0.425. The lowest BCUT2D eigenvalue weighted by atomic mass is 10.1. The summed E-state index contributed by atoms with van der Waals surface area (Å²) in [5.41, 5.74) is 1.00. The predicted octanol–water partition coefficient (Wildman–Crippen LogP) is 2.40. The molecule has 0 spiro atoms. The topological polar surface area (TPSA) is 89.3 Å². The van der Waals surface area contributed by atoms with Crippen molar-refractivity contribution in [1.82, 2.24) is 4.72 Å². The molecule has 0 aliphatic carbocycles. The fraction of sp³-hybridized carbons (Fsp3) is 0.200. The van der Waals surface area contributed by atoms with Crippen molar-refractivity contribution in [2.24, 2.45) is 0 Å². The molecule has 0 radical (unpaired) electrons. The van der Waals surface area contributed by atoms with Crippen LogP contribution < -0.4 is 4.72 Å². The summed E-state index contributed by atoms with van der Waals surface area (Å²) in [6.45, 7) is 0.170. The summed E-state index contributed by atoms with van der Waals surface area (Å²) in [5, 5.41) is 10.7. The number of hydrogen-bond acceptors (Lipinski definition) is 4. The molecule has 8 heteroatoms. The van der Waals surface area contributed by atoms with Gasteiger partial charge in [0.15, 0.2) is 0 Å². The zero-order valence-electron chi connectivity index (χ0n) is 12.1. The molecule has 0 aliphatic rings. The van der Waals surface area contributed by atoms with Crippen LogP contribution in [0.3, 0.4) is 0 Å². The van der Waals surface area contributed by atoms with Crippen LogP contribution in [0.4, 0.5) is 10.1 Å². The van der Waals surface area contributed by atoms with Crippen molar-refractivity contribution in [1.29, 1.82) is 0 Å². The van der Waals surface area contributed by atoms with E-state index >= 15 is 0 Å². The standard InChI is InChI=1S/C15H15FN2O4S/c16-14-6-4-12(5-7-14)8-9-17-23(21,22)11-13-2-1-3-15(10-13)18(19)20/h1-7,10,17H,8-9,11H2. The maximum Gasteiger partial charge on any atom is 0.269 e. The molecule has 0 atom stereocenters. The smallest absolute Gasteiger partial charge is 0.258 e. The molecule has 122 valence electrons. The van der Waals surface area contributed by atoms with E-state index in [2.05, 4.69) is 4.72 Å². The Kier molecular flexibility index (Phi) is 5.41. The van der Waals surface area contributed by atoms with Gasteiger partial charge in [0, 0.05) is 18.7 Å². The van der Waals surface area contributed by atoms with Crippen molar-refractivity contribution < 1.29 is 17.7 Å². The largest absolute Gasteiger partial charge is 0.269 e. The molecule has 1 N–H and O–H groups in total. The van der Waals surface area contributed by atoms with Gasteiger partial charge in [-0.05, 0) is 29.7 Å². The SMILES string of the molecule is O=[N+]([O-])c1cccc(CS(=O)(=O)NCCc2ccc(F)cc2)c1. The van der Waals surface area contributed by atoms with Crippen molar-refractivity contribution >= 4 is 15.7 Å². The molecule has 2 aromatic carbocycles. The first-order valence-corrected chi connectivity index (χ1v) is 8.46. The third kappa shape index (κ3) is 5.42. The number of nitrogens with one attached hydrogen (secondary N) is 1. The van der Waals surface area contributed by atoms with Crippen LogP contribution in [0.5, 0.6) is 0 Å². The quantitative estimate of drug-likeness (QED) is 0.620. The van der Waals surface area contributed by atoms with Crippen LogP contribution in [-0.4, -0.2) is 19.9 Å². The summed E-state index contributed by atoms with van der Waals surface area (Å²) >= 11 is 0. The second-order valence-electron chi connectivity index (χ2n) is 4.96. The molecule has 0 heterocycles. The van der Waals surface area contributed by atoms with Crippen molar-refractivity contribution in [3.8, 4) is 0 Å². The van der Waals surface area contributed by atoms with Crippen LogP contribution in [0.2, 0.25) is 0 Å². The average Bonchev–Trinajstić information content (AvgIpc) is 2.49. The maximum absolute atomic E-state index is 12.8. The van der Waals surface area contributed by atoms with E-state index in [9.17, 15) is 22.9 Å². The summed E-state index contributed by atoms with van der Waals surface area (Å²) in [7, 11) is -3.60. The van der Waals surface area contributed by atoms with Gasteiger partial charge in [0.25, 0.3) is 5.69 Å². The van der Waals surface area contributed by atoms with Crippen molar-refractivity contribution in [2.75, 3.05) is 6.54 Å². The number of nitrogens with zero attached hydrogens (tertiary/aromatic N) is 1. The molecular formula is C15H15FN2O4S. The first kappa shape index (κ1) is 17.0. The summed E-state index contributed by atoms with van der Waals surface area (Å²) < 4.78 is 39.2. The van der Waals surface area contributed by atoms with Crippen molar-refractivity contribution in [3.63, 3.8) is 0 Å². The van der Waals surface area contributed by atoms with Gasteiger partial charge in [-0.3, -0.25) is 10.1 Å². The first-order chi connectivity index (χ1) is 10.9. The number of benzene rings is 2. The van der Waals surface area contributed by atoms with Gasteiger partial charge in [0.05, 0.1) is 10.7 Å². The number of hydrogen-bond donors (Lipinski definition) is 1. The Morgan fingerprint density at radius 3 is 2.43 bits per heavy atom. The first-order valence-electron chi connectivity index (χ1n) is 6.81. The van der Waals surface area contributed by atoms with Crippen molar-refractivity contribution in [3.05, 3.63) is 75.6 Å². The lowest BCUT2D eigenvalue weighted by Crippen LogP contribution is -2.27. The lowest BCUT2D eigenvalue weighted by molar-refractivity contribution is -0.384. The molecule has 0 bridgehead atoms. The molecule has 23 heavy (non-hydrogen) atoms. The van der Waals surface area contributed by atoms with E-state index in [4.69, 9.17) is 0 Å². The highest BCUT2D eigenvalue weighted by Gasteiger charge is 2.13. The zero-order chi connectivity index (χ0) is 16.9. The fourth-order valence-corrected chi connectivity index (χ4v) is 3.17. The number of nitro benzene ring substituents is 1. The fourth-order valence-electron chi connectivity index (χ4n) is 2.03. The second kappa shape index (κ2) is 7.30. The highest BCUT2D eigenvalue weighted by Crippen LogP contribution is 2.15. The van der Waals surface area contributed by atoms with Gasteiger partial charge in [0.2, 0.25) is 10.0 Å². The highest BCUT2D eigenvalue weighted by atomic mass is 32.2. The van der Waals surface area contributed by atoms with E-state index in [0.29, 0.717) is 12.0 Å². The Morgan fingerprint density at radius 1 is 1.09 bits per heavy atom. The van der Waals surface area contributed by atoms with Gasteiger partial charge in [-0.25, -0.2) is 17.5 Å². The molecule has 0 saturated heterocycles. The highest BCUT2D eigenvalue weighted by molar-refractivity contribution is 7.88. The Morgan fingerprint density at radius 2 is 1.78 bits per heavy atom. The van der Waals surface area contributed by atoms with Crippen LogP contribution in [0, 0.1) is 15.9 Å². The predicted molar refractivity (Wildman–Crippen MR) is 83.8 cm³/mol. The van der Waals surface area contributed by atoms with E-state index in [1.54, 1.807) is 12.1 Å². The van der Waals surface area contributed by atoms with E-state index in [0.717, 1.165) is 5.56 Å². The number of non-ortho nitro benzene ring substituents is 1. The van der Waals surface area contributed by atoms with Gasteiger partial charge in [-0.2, -0.15) is 0 Å². The van der Waals surface area contributed by atoms with Gasteiger partial charge in [0.1, 0.15) is 5.82 Å². The summed E-state index contributed by atoms with van der Waals surface area (Å²) in [4.78, 5) is 10.1. The van der Waals surface area contributed by atoms with E-state index < -0.39 is 14.9 Å². The Hall–Kier alpha value is -2.32. The molecule has 0 amide bonds. The summed E-state index contributed by atoms with van der Waals surface area (Å²) in [6, 6.07) is 11.3. The van der Waals surface area contributed by atoms with E-state index in [-0.39, 0.29) is 23.8 Å². The third-order valence-electron chi connectivity index (χ3n) is 3.13. The molecule has 0 saturated carbocycles. The van der Waals surface area contributed by atoms with Crippen LogP contribution in [0.25, 0.3) is 0 Å². The number of rotatable bonds is 7. The molecule has 2 aromatic rings. The van der Waals surface area contributed by atoms with Gasteiger partial charge in [-0.1, -0.05) is 24.3 Å². The van der Waals surface area contributed by atoms with Gasteiger partial charge < -0.3 is 0 Å². The second-order valence-corrected chi connectivity index (χ2v) is 6.76. The van der Waals surface area contributed by atoms with E-state index in [1.807, 2.05) is 0 Å². The maximum atomic E-state index is 12.8. The van der Waals surface area contributed by atoms with Crippen LogP contribution in [-0.2, 0) is 22.2 Å². The number of sulfonamides is 1. The minimum Gasteiger partial charge on any atom is -0.258 e. The molecule has 0 unspecified atom stereocenters. The monoisotopic (exact) mass is 338 g/mol. The number of nitro groups is 1. The zero-order valence-corrected chi connectivity index (χ0v) is 12.9. The van der Waals surface area contributed by atoms with Crippen molar-refractivity contribution in [2.45, 2.75) is 12.2 Å². The minimum atomic E-state index is -3.60. The van der Waals surface area contributed by atoms with Crippen LogP contribution in [0.15, 0.2) is 48.5 Å². The van der Waals surface area contributed by atoms with Crippen LogP contribution >= 0.6 is 0 Å². The Labute approximate surface area is 133 Å². The molecule has 6 nitrogen and oxygen atoms in total. The van der Waals surface area contributed by atoms with Crippen LogP contribution in [0.1, 0.15) is 11.1 Å². The molecule has 0 aliphatic heterocycles. The average molecular weight is 338 g/mol. The number of halogens is 1. The Balaban J connectivity index is 1.93. The molecule has 0 aromatic heterocycles. The summed E-state index contributed by atoms with van der Waals surface area (Å²) in [5.74, 6) is -0.682. The molecular weight excluding hydrogens is 323 g/mol. The minimum absolute atomic E-state index is 0.149. The molecule has 0 fully saturated rings.